The molecule has 0 bridgehead atoms. The maximum absolute atomic E-state index is 12.6. The standard InChI is InChI=1S/C18H22F3NO4/c1-10-7-14-15(22(9-10)16(23)26-17(2,3)4)12-6-5-11(8-13(12)24-14)25-18(19,20)21/h5-6,8,10,14-15H,7,9H2,1-4H3/t10-,14-,15-/m0/s1. The van der Waals surface area contributed by atoms with E-state index in [2.05, 4.69) is 4.74 Å². The minimum absolute atomic E-state index is 0.184. The second-order valence-electron chi connectivity index (χ2n) is 7.82. The molecule has 3 atom stereocenters. The Hall–Kier alpha value is -2.12. The summed E-state index contributed by atoms with van der Waals surface area (Å²) in [5, 5.41) is 0. The second-order valence-corrected chi connectivity index (χ2v) is 7.82. The van der Waals surface area contributed by atoms with Gasteiger partial charge in [-0.2, -0.15) is 0 Å². The molecule has 0 aromatic heterocycles. The molecule has 1 fully saturated rings. The Kier molecular flexibility index (Phi) is 4.48. The summed E-state index contributed by atoms with van der Waals surface area (Å²) in [6.07, 6.45) is -4.83. The van der Waals surface area contributed by atoms with Crippen LogP contribution in [0.4, 0.5) is 18.0 Å². The number of hydrogen-bond donors (Lipinski definition) is 0. The predicted molar refractivity (Wildman–Crippen MR) is 87.0 cm³/mol. The molecular weight excluding hydrogens is 351 g/mol. The number of amides is 1. The molecule has 1 aromatic rings. The Balaban J connectivity index is 1.88. The fraction of sp³-hybridized carbons (Fsp3) is 0.611. The van der Waals surface area contributed by atoms with Crippen LogP contribution >= 0.6 is 0 Å². The van der Waals surface area contributed by atoms with Gasteiger partial charge in [0, 0.05) is 18.2 Å². The zero-order valence-corrected chi connectivity index (χ0v) is 15.1. The van der Waals surface area contributed by atoms with Gasteiger partial charge in [0.2, 0.25) is 0 Å². The maximum Gasteiger partial charge on any atom is 0.573 e. The fourth-order valence-electron chi connectivity index (χ4n) is 3.46. The van der Waals surface area contributed by atoms with Crippen molar-refractivity contribution in [2.75, 3.05) is 6.54 Å². The average molecular weight is 373 g/mol. The Morgan fingerprint density at radius 3 is 2.58 bits per heavy atom. The number of piperidine rings is 1. The summed E-state index contributed by atoms with van der Waals surface area (Å²) < 4.78 is 52.6. The number of carbonyl (C=O) groups is 1. The molecule has 0 spiro atoms. The van der Waals surface area contributed by atoms with Crippen LogP contribution in [-0.2, 0) is 4.74 Å². The van der Waals surface area contributed by atoms with Crippen molar-refractivity contribution in [3.8, 4) is 11.5 Å². The molecule has 26 heavy (non-hydrogen) atoms. The number of carbonyl (C=O) groups excluding carboxylic acids is 1. The van der Waals surface area contributed by atoms with E-state index in [1.807, 2.05) is 6.92 Å². The molecule has 1 saturated heterocycles. The van der Waals surface area contributed by atoms with Crippen LogP contribution in [0.5, 0.6) is 11.5 Å². The lowest BCUT2D eigenvalue weighted by Crippen LogP contribution is -2.49. The highest BCUT2D eigenvalue weighted by Gasteiger charge is 2.46. The molecule has 0 aliphatic carbocycles. The molecule has 2 aliphatic heterocycles. The van der Waals surface area contributed by atoms with Gasteiger partial charge >= 0.3 is 12.5 Å². The van der Waals surface area contributed by atoms with E-state index in [1.165, 1.54) is 18.2 Å². The molecule has 5 nitrogen and oxygen atoms in total. The third kappa shape index (κ3) is 3.99. The van der Waals surface area contributed by atoms with Crippen molar-refractivity contribution in [1.29, 1.82) is 0 Å². The van der Waals surface area contributed by atoms with Crippen molar-refractivity contribution in [2.24, 2.45) is 5.92 Å². The van der Waals surface area contributed by atoms with Gasteiger partial charge < -0.3 is 14.2 Å². The van der Waals surface area contributed by atoms with Gasteiger partial charge in [-0.3, -0.25) is 4.90 Å². The van der Waals surface area contributed by atoms with Crippen LogP contribution in [0.25, 0.3) is 0 Å². The number of likely N-dealkylation sites (tertiary alicyclic amines) is 1. The number of halogens is 3. The van der Waals surface area contributed by atoms with Gasteiger partial charge in [0.1, 0.15) is 29.2 Å². The molecule has 0 radical (unpaired) electrons. The Morgan fingerprint density at radius 2 is 1.96 bits per heavy atom. The van der Waals surface area contributed by atoms with E-state index in [4.69, 9.17) is 9.47 Å². The van der Waals surface area contributed by atoms with Gasteiger partial charge in [-0.25, -0.2) is 4.79 Å². The lowest BCUT2D eigenvalue weighted by atomic mass is 9.89. The second kappa shape index (κ2) is 6.25. The average Bonchev–Trinajstić information content (AvgIpc) is 2.79. The van der Waals surface area contributed by atoms with E-state index in [9.17, 15) is 18.0 Å². The molecule has 1 aromatic carbocycles. The first-order chi connectivity index (χ1) is 11.9. The summed E-state index contributed by atoms with van der Waals surface area (Å²) in [6.45, 7) is 7.86. The van der Waals surface area contributed by atoms with Crippen molar-refractivity contribution in [2.45, 2.75) is 58.2 Å². The van der Waals surface area contributed by atoms with E-state index >= 15 is 0 Å². The van der Waals surface area contributed by atoms with E-state index in [1.54, 1.807) is 25.7 Å². The lowest BCUT2D eigenvalue weighted by Gasteiger charge is -2.40. The summed E-state index contributed by atoms with van der Waals surface area (Å²) in [6, 6.07) is 3.60. The molecule has 8 heteroatoms. The monoisotopic (exact) mass is 373 g/mol. The number of ether oxygens (including phenoxy) is 3. The van der Waals surface area contributed by atoms with Gasteiger partial charge in [-0.15, -0.1) is 13.2 Å². The summed E-state index contributed by atoms with van der Waals surface area (Å²) in [4.78, 5) is 14.3. The molecule has 2 aliphatic rings. The van der Waals surface area contributed by atoms with Crippen molar-refractivity contribution in [1.82, 2.24) is 4.90 Å². The highest BCUT2D eigenvalue weighted by molar-refractivity contribution is 5.70. The van der Waals surface area contributed by atoms with Crippen LogP contribution in [0.15, 0.2) is 18.2 Å². The number of alkyl halides is 3. The zero-order chi connectivity index (χ0) is 19.3. The van der Waals surface area contributed by atoms with Crippen LogP contribution in [0.3, 0.4) is 0 Å². The molecule has 3 rings (SSSR count). The third-order valence-electron chi connectivity index (χ3n) is 4.27. The van der Waals surface area contributed by atoms with Crippen LogP contribution < -0.4 is 9.47 Å². The molecule has 0 N–H and O–H groups in total. The molecule has 144 valence electrons. The largest absolute Gasteiger partial charge is 0.573 e. The van der Waals surface area contributed by atoms with Crippen LogP contribution in [0.2, 0.25) is 0 Å². The summed E-state index contributed by atoms with van der Waals surface area (Å²) in [7, 11) is 0. The van der Waals surface area contributed by atoms with E-state index in [0.29, 0.717) is 24.3 Å². The van der Waals surface area contributed by atoms with Crippen molar-refractivity contribution in [3.63, 3.8) is 0 Å². The SMILES string of the molecule is C[C@H]1C[C@@H]2Oc3cc(OC(F)(F)F)ccc3[C@@H]2N(C(=O)OC(C)(C)C)C1. The van der Waals surface area contributed by atoms with Gasteiger partial charge in [-0.05, 0) is 45.2 Å². The number of fused-ring (bicyclic) bond motifs is 3. The van der Waals surface area contributed by atoms with Gasteiger partial charge in [-0.1, -0.05) is 6.92 Å². The van der Waals surface area contributed by atoms with Crippen molar-refractivity contribution < 1.29 is 32.2 Å². The minimum Gasteiger partial charge on any atom is -0.487 e. The summed E-state index contributed by atoms with van der Waals surface area (Å²) in [5.74, 6) is 0.153. The first kappa shape index (κ1) is 18.7. The first-order valence-electron chi connectivity index (χ1n) is 8.49. The minimum atomic E-state index is -4.77. The topological polar surface area (TPSA) is 48.0 Å². The highest BCUT2D eigenvalue weighted by Crippen LogP contribution is 2.47. The van der Waals surface area contributed by atoms with Crippen LogP contribution in [0, 0.1) is 5.92 Å². The highest BCUT2D eigenvalue weighted by atomic mass is 19.4. The number of nitrogens with zero attached hydrogens (tertiary/aromatic N) is 1. The molecule has 0 saturated carbocycles. The predicted octanol–water partition coefficient (Wildman–Crippen LogP) is 4.66. The van der Waals surface area contributed by atoms with Gasteiger partial charge in [0.05, 0.1) is 0 Å². The lowest BCUT2D eigenvalue weighted by molar-refractivity contribution is -0.274. The third-order valence-corrected chi connectivity index (χ3v) is 4.27. The first-order valence-corrected chi connectivity index (χ1v) is 8.49. The zero-order valence-electron chi connectivity index (χ0n) is 15.1. The van der Waals surface area contributed by atoms with E-state index in [-0.39, 0.29) is 23.8 Å². The molecule has 1 amide bonds. The van der Waals surface area contributed by atoms with E-state index < -0.39 is 18.1 Å². The summed E-state index contributed by atoms with van der Waals surface area (Å²) >= 11 is 0. The normalized spacial score (nSPS) is 25.2. The molecule has 2 heterocycles. The number of benzene rings is 1. The van der Waals surface area contributed by atoms with Crippen LogP contribution in [0.1, 0.15) is 45.7 Å². The van der Waals surface area contributed by atoms with Gasteiger partial charge in [0.25, 0.3) is 0 Å². The molecular formula is C18H22F3NO4. The fourth-order valence-corrected chi connectivity index (χ4v) is 3.46. The van der Waals surface area contributed by atoms with Gasteiger partial charge in [0.15, 0.2) is 0 Å². The van der Waals surface area contributed by atoms with Crippen molar-refractivity contribution in [3.05, 3.63) is 23.8 Å². The summed E-state index contributed by atoms with van der Waals surface area (Å²) in [5.41, 5.74) is 0.0299. The Bertz CT molecular complexity index is 699. The smallest absolute Gasteiger partial charge is 0.487 e. The van der Waals surface area contributed by atoms with Crippen LogP contribution in [-0.4, -0.2) is 35.6 Å². The number of hydrogen-bond acceptors (Lipinski definition) is 4. The molecule has 0 unspecified atom stereocenters. The van der Waals surface area contributed by atoms with Crippen molar-refractivity contribution >= 4 is 6.09 Å². The quantitative estimate of drug-likeness (QED) is 0.718. The Morgan fingerprint density at radius 1 is 1.27 bits per heavy atom. The number of rotatable bonds is 1. The Labute approximate surface area is 150 Å². The maximum atomic E-state index is 12.6. The van der Waals surface area contributed by atoms with E-state index in [0.717, 1.165) is 0 Å².